The molecule has 124 valence electrons. The largest absolute Gasteiger partial charge is 0.478 e. The first-order valence-electron chi connectivity index (χ1n) is 7.05. The van der Waals surface area contributed by atoms with Crippen LogP contribution in [0.2, 0.25) is 10.0 Å². The van der Waals surface area contributed by atoms with Crippen molar-refractivity contribution in [1.82, 2.24) is 0 Å². The lowest BCUT2D eigenvalue weighted by Gasteiger charge is -2.11. The molecule has 6 heteroatoms. The van der Waals surface area contributed by atoms with E-state index in [-0.39, 0.29) is 24.0 Å². The number of benzene rings is 2. The average Bonchev–Trinajstić information content (AvgIpc) is 2.53. The Morgan fingerprint density at radius 3 is 1.33 bits per heavy atom. The Balaban J connectivity index is 2.48. The van der Waals surface area contributed by atoms with E-state index in [2.05, 4.69) is 0 Å². The van der Waals surface area contributed by atoms with Crippen molar-refractivity contribution in [2.24, 2.45) is 0 Å². The third-order valence-electron chi connectivity index (χ3n) is 3.53. The molecule has 0 aliphatic carbocycles. The minimum absolute atomic E-state index is 0.0822. The van der Waals surface area contributed by atoms with Crippen molar-refractivity contribution in [3.05, 3.63) is 80.8 Å². The van der Waals surface area contributed by atoms with Gasteiger partial charge in [0.05, 0.1) is 11.1 Å². The molecule has 0 atom stereocenters. The molecule has 4 nitrogen and oxygen atoms in total. The van der Waals surface area contributed by atoms with Gasteiger partial charge in [0.2, 0.25) is 0 Å². The van der Waals surface area contributed by atoms with Crippen LogP contribution in [0.4, 0.5) is 0 Å². The first kappa shape index (κ1) is 18.0. The van der Waals surface area contributed by atoms with E-state index in [0.717, 1.165) is 0 Å². The van der Waals surface area contributed by atoms with Crippen LogP contribution in [0, 0.1) is 0 Å². The van der Waals surface area contributed by atoms with E-state index in [1.54, 1.807) is 48.5 Å². The number of carboxylic acid groups (broad SMARTS) is 2. The van der Waals surface area contributed by atoms with Gasteiger partial charge >= 0.3 is 11.9 Å². The van der Waals surface area contributed by atoms with Gasteiger partial charge in [-0.1, -0.05) is 59.6 Å². The normalized spacial score (nSPS) is 11.8. The topological polar surface area (TPSA) is 74.6 Å². The van der Waals surface area contributed by atoms with Crippen molar-refractivity contribution in [3.8, 4) is 0 Å². The van der Waals surface area contributed by atoms with Crippen molar-refractivity contribution >= 4 is 35.1 Å². The van der Waals surface area contributed by atoms with Gasteiger partial charge in [0.1, 0.15) is 0 Å². The number of carbonyl (C=O) groups is 2. The summed E-state index contributed by atoms with van der Waals surface area (Å²) in [6.45, 7) is 0. The second-order valence-corrected chi connectivity index (χ2v) is 5.92. The monoisotopic (exact) mass is 364 g/mol. The third-order valence-corrected chi connectivity index (χ3v) is 4.27. The fourth-order valence-corrected chi connectivity index (χ4v) is 2.69. The molecular weight excluding hydrogens is 351 g/mol. The zero-order chi connectivity index (χ0) is 17.7. The van der Waals surface area contributed by atoms with E-state index in [1.807, 2.05) is 0 Å². The van der Waals surface area contributed by atoms with E-state index in [4.69, 9.17) is 23.2 Å². The van der Waals surface area contributed by atoms with Gasteiger partial charge in [-0.05, 0) is 23.3 Å². The highest BCUT2D eigenvalue weighted by atomic mass is 35.5. The van der Waals surface area contributed by atoms with Gasteiger partial charge in [-0.15, -0.1) is 0 Å². The van der Waals surface area contributed by atoms with Crippen LogP contribution in [0.3, 0.4) is 0 Å². The van der Waals surface area contributed by atoms with Crippen molar-refractivity contribution in [2.75, 3.05) is 0 Å². The van der Waals surface area contributed by atoms with Crippen molar-refractivity contribution < 1.29 is 19.8 Å². The molecule has 0 heterocycles. The Labute approximate surface area is 149 Å². The molecule has 2 N–H and O–H groups in total. The summed E-state index contributed by atoms with van der Waals surface area (Å²) < 4.78 is 0. The van der Waals surface area contributed by atoms with Crippen LogP contribution in [0.15, 0.2) is 59.7 Å². The van der Waals surface area contributed by atoms with Gasteiger partial charge in [-0.3, -0.25) is 0 Å². The maximum atomic E-state index is 11.6. The second kappa shape index (κ2) is 7.99. The van der Waals surface area contributed by atoms with Gasteiger partial charge in [0.25, 0.3) is 0 Å². The molecule has 0 saturated carbocycles. The van der Waals surface area contributed by atoms with Gasteiger partial charge < -0.3 is 10.2 Å². The minimum Gasteiger partial charge on any atom is -0.478 e. The number of halogens is 2. The van der Waals surface area contributed by atoms with Crippen LogP contribution in [0.5, 0.6) is 0 Å². The predicted octanol–water partition coefficient (Wildman–Crippen LogP) is 4.24. The van der Waals surface area contributed by atoms with E-state index in [1.165, 1.54) is 0 Å². The van der Waals surface area contributed by atoms with Crippen LogP contribution in [0.25, 0.3) is 0 Å². The van der Waals surface area contributed by atoms with Crippen molar-refractivity contribution in [1.29, 1.82) is 0 Å². The lowest BCUT2D eigenvalue weighted by atomic mass is 9.95. The quantitative estimate of drug-likeness (QED) is 0.751. The lowest BCUT2D eigenvalue weighted by molar-refractivity contribution is -0.136. The number of hydrogen-bond donors (Lipinski definition) is 2. The summed E-state index contributed by atoms with van der Waals surface area (Å²) in [5.74, 6) is -2.58. The molecule has 0 fully saturated rings. The maximum absolute atomic E-state index is 11.6. The summed E-state index contributed by atoms with van der Waals surface area (Å²) >= 11 is 12.1. The summed E-state index contributed by atoms with van der Waals surface area (Å²) in [6.07, 6.45) is -0.164. The number of hydrogen-bond acceptors (Lipinski definition) is 2. The Morgan fingerprint density at radius 2 is 1.04 bits per heavy atom. The highest BCUT2D eigenvalue weighted by molar-refractivity contribution is 6.31. The molecular formula is C18H14Cl2O4. The smallest absolute Gasteiger partial charge is 0.332 e. The van der Waals surface area contributed by atoms with Crippen LogP contribution in [-0.4, -0.2) is 22.2 Å². The molecule has 24 heavy (non-hydrogen) atoms. The van der Waals surface area contributed by atoms with E-state index >= 15 is 0 Å². The average molecular weight is 365 g/mol. The maximum Gasteiger partial charge on any atom is 0.332 e. The molecule has 2 rings (SSSR count). The predicted molar refractivity (Wildman–Crippen MR) is 92.6 cm³/mol. The van der Waals surface area contributed by atoms with E-state index < -0.39 is 11.9 Å². The Hall–Kier alpha value is -2.30. The Kier molecular flexibility index (Phi) is 6.01. The highest BCUT2D eigenvalue weighted by Gasteiger charge is 2.22. The molecule has 0 unspecified atom stereocenters. The van der Waals surface area contributed by atoms with Gasteiger partial charge in [-0.25, -0.2) is 9.59 Å². The zero-order valence-electron chi connectivity index (χ0n) is 12.5. The molecule has 0 aliphatic rings. The van der Waals surface area contributed by atoms with Crippen LogP contribution in [-0.2, 0) is 22.4 Å². The number of rotatable bonds is 6. The zero-order valence-corrected chi connectivity index (χ0v) is 14.0. The number of carboxylic acids is 2. The first-order chi connectivity index (χ1) is 11.4. The van der Waals surface area contributed by atoms with Crippen molar-refractivity contribution in [2.45, 2.75) is 12.8 Å². The van der Waals surface area contributed by atoms with Gasteiger partial charge in [-0.2, -0.15) is 0 Å². The summed E-state index contributed by atoms with van der Waals surface area (Å²) in [7, 11) is 0. The number of aliphatic carboxylic acids is 2. The molecule has 0 aromatic heterocycles. The lowest BCUT2D eigenvalue weighted by Crippen LogP contribution is -2.15. The molecule has 0 amide bonds. The van der Waals surface area contributed by atoms with Crippen LogP contribution in [0.1, 0.15) is 11.1 Å². The summed E-state index contributed by atoms with van der Waals surface area (Å²) in [5.41, 5.74) is 0.676. The summed E-state index contributed by atoms with van der Waals surface area (Å²) in [4.78, 5) is 23.3. The van der Waals surface area contributed by atoms with E-state index in [0.29, 0.717) is 21.2 Å². The summed E-state index contributed by atoms with van der Waals surface area (Å²) in [5, 5.41) is 19.8. The molecule has 0 spiro atoms. The molecule has 0 radical (unpaired) electrons. The highest BCUT2D eigenvalue weighted by Crippen LogP contribution is 2.24. The molecule has 2 aromatic rings. The minimum atomic E-state index is -1.29. The summed E-state index contributed by atoms with van der Waals surface area (Å²) in [6, 6.07) is 13.5. The van der Waals surface area contributed by atoms with Crippen LogP contribution >= 0.6 is 23.2 Å². The van der Waals surface area contributed by atoms with Gasteiger partial charge in [0.15, 0.2) is 0 Å². The fraction of sp³-hybridized carbons (Fsp3) is 0.111. The van der Waals surface area contributed by atoms with Crippen molar-refractivity contribution in [3.63, 3.8) is 0 Å². The Bertz CT molecular complexity index is 745. The van der Waals surface area contributed by atoms with Gasteiger partial charge in [0, 0.05) is 22.9 Å². The molecule has 0 bridgehead atoms. The standard InChI is InChI=1S/C18H14Cl2O4/c19-15-7-3-1-5-11(15)9-13(17(21)22)14(18(23)24)10-12-6-2-4-8-16(12)20/h1-8H,9-10H2,(H,21,22)(H,23,24). The molecule has 0 aliphatic heterocycles. The SMILES string of the molecule is O=C(O)C(Cc1ccccc1Cl)=C(Cc1ccccc1Cl)C(=O)O. The van der Waals surface area contributed by atoms with Crippen LogP contribution < -0.4 is 0 Å². The second-order valence-electron chi connectivity index (χ2n) is 5.10. The Morgan fingerprint density at radius 1 is 0.708 bits per heavy atom. The van der Waals surface area contributed by atoms with E-state index in [9.17, 15) is 19.8 Å². The third kappa shape index (κ3) is 4.37. The molecule has 2 aromatic carbocycles. The first-order valence-corrected chi connectivity index (χ1v) is 7.81. The fourth-order valence-electron chi connectivity index (χ4n) is 2.29. The molecule has 0 saturated heterocycles.